The average molecular weight is 380 g/mol. The van der Waals surface area contributed by atoms with Gasteiger partial charge in [-0.15, -0.1) is 0 Å². The molecule has 0 unspecified atom stereocenters. The molecule has 1 aliphatic rings. The fraction of sp³-hybridized carbons (Fsp3) is 0.176. The molecule has 124 valence electrons. The number of anilines is 1. The van der Waals surface area contributed by atoms with Crippen LogP contribution in [0, 0.1) is 0 Å². The molecule has 0 bridgehead atoms. The van der Waals surface area contributed by atoms with Crippen molar-refractivity contribution in [3.63, 3.8) is 0 Å². The first-order valence-electron chi connectivity index (χ1n) is 7.55. The molecule has 0 amide bonds. The normalized spacial score (nSPS) is 14.8. The third kappa shape index (κ3) is 3.05. The Morgan fingerprint density at radius 3 is 2.88 bits per heavy atom. The molecule has 7 heteroatoms. The third-order valence-corrected chi connectivity index (χ3v) is 5.59. The molecule has 1 aromatic heterocycles. The molecule has 4 nitrogen and oxygen atoms in total. The zero-order valence-electron chi connectivity index (χ0n) is 12.6. The summed E-state index contributed by atoms with van der Waals surface area (Å²) in [6.07, 6.45) is 0.968. The van der Waals surface area contributed by atoms with Gasteiger partial charge in [0.15, 0.2) is 0 Å². The van der Waals surface area contributed by atoms with Crippen LogP contribution < -0.4 is 4.72 Å². The zero-order chi connectivity index (χ0) is 16.7. The van der Waals surface area contributed by atoms with Crippen LogP contribution in [0.5, 0.6) is 5.75 Å². The van der Waals surface area contributed by atoms with Crippen LogP contribution in [0.15, 0.2) is 36.4 Å². The van der Waals surface area contributed by atoms with E-state index in [0.717, 1.165) is 35.7 Å². The average Bonchev–Trinajstić information content (AvgIpc) is 2.93. The topological polar surface area (TPSA) is 51.3 Å². The number of H-pyrrole nitrogens is 1. The van der Waals surface area contributed by atoms with E-state index in [1.54, 1.807) is 12.1 Å². The van der Waals surface area contributed by atoms with E-state index in [4.69, 9.17) is 23.2 Å². The first-order chi connectivity index (χ1) is 11.6. The Hall–Kier alpha value is -1.53. The zero-order valence-corrected chi connectivity index (χ0v) is 15.0. The van der Waals surface area contributed by atoms with E-state index in [1.165, 1.54) is 28.8 Å². The number of phenolic OH excluding ortho intramolecular Hbond substituents is 1. The van der Waals surface area contributed by atoms with Crippen LogP contribution in [0.2, 0.25) is 10.0 Å². The summed E-state index contributed by atoms with van der Waals surface area (Å²) in [5.74, 6) is 0.0793. The molecule has 4 rings (SSSR count). The van der Waals surface area contributed by atoms with Crippen LogP contribution in [0.3, 0.4) is 0 Å². The smallest absolute Gasteiger partial charge is 0.136 e. The number of nitrogens with zero attached hydrogens (tertiary/aromatic N) is 1. The van der Waals surface area contributed by atoms with Crippen LogP contribution in [-0.2, 0) is 13.0 Å². The lowest BCUT2D eigenvalue weighted by Crippen LogP contribution is -2.25. The van der Waals surface area contributed by atoms with Crippen molar-refractivity contribution in [2.45, 2.75) is 13.0 Å². The summed E-state index contributed by atoms with van der Waals surface area (Å²) in [7, 11) is 0. The van der Waals surface area contributed by atoms with E-state index < -0.39 is 0 Å². The summed E-state index contributed by atoms with van der Waals surface area (Å²) in [6, 6.07) is 11.1. The second kappa shape index (κ2) is 6.41. The quantitative estimate of drug-likeness (QED) is 0.546. The van der Waals surface area contributed by atoms with Gasteiger partial charge in [0, 0.05) is 52.1 Å². The molecule has 0 atom stereocenters. The number of benzene rings is 2. The first kappa shape index (κ1) is 16.0. The highest BCUT2D eigenvalue weighted by molar-refractivity contribution is 7.98. The SMILES string of the molecule is Oc1cc(NSN2CCc3c([nH]c4ccc(Cl)cc34)C2)ccc1Cl. The predicted molar refractivity (Wildman–Crippen MR) is 102 cm³/mol. The minimum Gasteiger partial charge on any atom is -0.506 e. The minimum atomic E-state index is 0.0793. The van der Waals surface area contributed by atoms with Crippen molar-refractivity contribution in [2.75, 3.05) is 11.3 Å². The van der Waals surface area contributed by atoms with Gasteiger partial charge in [0.25, 0.3) is 0 Å². The summed E-state index contributed by atoms with van der Waals surface area (Å²) in [6.45, 7) is 1.75. The molecule has 24 heavy (non-hydrogen) atoms. The van der Waals surface area contributed by atoms with E-state index in [2.05, 4.69) is 14.0 Å². The van der Waals surface area contributed by atoms with Crippen molar-refractivity contribution in [3.8, 4) is 5.75 Å². The Balaban J connectivity index is 1.48. The number of nitrogens with one attached hydrogen (secondary N) is 2. The van der Waals surface area contributed by atoms with E-state index in [0.29, 0.717) is 5.02 Å². The van der Waals surface area contributed by atoms with Crippen molar-refractivity contribution in [1.82, 2.24) is 9.29 Å². The molecule has 0 radical (unpaired) electrons. The van der Waals surface area contributed by atoms with Gasteiger partial charge in [0.1, 0.15) is 5.75 Å². The number of hydrogen-bond acceptors (Lipinski definition) is 4. The molecule has 2 aromatic carbocycles. The summed E-state index contributed by atoms with van der Waals surface area (Å²) in [4.78, 5) is 3.49. The molecule has 2 heterocycles. The molecule has 0 spiro atoms. The van der Waals surface area contributed by atoms with E-state index >= 15 is 0 Å². The molecular weight excluding hydrogens is 365 g/mol. The van der Waals surface area contributed by atoms with Crippen LogP contribution >= 0.6 is 35.3 Å². The fourth-order valence-electron chi connectivity index (χ4n) is 2.96. The predicted octanol–water partition coefficient (Wildman–Crippen LogP) is 5.21. The molecule has 1 aliphatic heterocycles. The van der Waals surface area contributed by atoms with Crippen molar-refractivity contribution in [1.29, 1.82) is 0 Å². The molecule has 0 saturated heterocycles. The molecule has 0 fully saturated rings. The van der Waals surface area contributed by atoms with Crippen LogP contribution in [0.1, 0.15) is 11.3 Å². The number of phenols is 1. The van der Waals surface area contributed by atoms with Crippen molar-refractivity contribution >= 4 is 51.9 Å². The van der Waals surface area contributed by atoms with Gasteiger partial charge in [-0.1, -0.05) is 23.2 Å². The number of aromatic hydroxyl groups is 1. The number of rotatable bonds is 3. The Bertz CT molecular complexity index is 912. The lowest BCUT2D eigenvalue weighted by Gasteiger charge is -2.25. The Labute approximate surface area is 154 Å². The summed E-state index contributed by atoms with van der Waals surface area (Å²) >= 11 is 13.5. The maximum absolute atomic E-state index is 9.66. The monoisotopic (exact) mass is 379 g/mol. The van der Waals surface area contributed by atoms with Crippen molar-refractivity contribution < 1.29 is 5.11 Å². The third-order valence-electron chi connectivity index (χ3n) is 4.14. The molecule has 3 aromatic rings. The van der Waals surface area contributed by atoms with Crippen LogP contribution in [0.25, 0.3) is 10.9 Å². The van der Waals surface area contributed by atoms with Gasteiger partial charge in [0.2, 0.25) is 0 Å². The van der Waals surface area contributed by atoms with Gasteiger partial charge in [-0.2, -0.15) is 0 Å². The van der Waals surface area contributed by atoms with E-state index in [1.807, 2.05) is 24.3 Å². The van der Waals surface area contributed by atoms with Gasteiger partial charge in [0.05, 0.1) is 11.6 Å². The number of aromatic nitrogens is 1. The number of hydrogen-bond donors (Lipinski definition) is 3. The minimum absolute atomic E-state index is 0.0793. The highest BCUT2D eigenvalue weighted by Gasteiger charge is 2.21. The summed E-state index contributed by atoms with van der Waals surface area (Å²) in [5.41, 5.74) is 4.53. The maximum Gasteiger partial charge on any atom is 0.136 e. The second-order valence-electron chi connectivity index (χ2n) is 5.75. The molecule has 0 aliphatic carbocycles. The Kier molecular flexibility index (Phi) is 4.26. The Morgan fingerprint density at radius 2 is 2.04 bits per heavy atom. The largest absolute Gasteiger partial charge is 0.506 e. The lowest BCUT2D eigenvalue weighted by atomic mass is 10.0. The van der Waals surface area contributed by atoms with Gasteiger partial charge in [-0.25, -0.2) is 4.31 Å². The first-order valence-corrected chi connectivity index (χ1v) is 9.08. The fourth-order valence-corrected chi connectivity index (χ4v) is 3.99. The van der Waals surface area contributed by atoms with Crippen molar-refractivity contribution in [2.24, 2.45) is 0 Å². The van der Waals surface area contributed by atoms with E-state index in [-0.39, 0.29) is 5.75 Å². The van der Waals surface area contributed by atoms with Gasteiger partial charge in [-0.3, -0.25) is 0 Å². The number of fused-ring (bicyclic) bond motifs is 3. The molecule has 3 N–H and O–H groups in total. The van der Waals surface area contributed by atoms with Crippen LogP contribution in [0.4, 0.5) is 5.69 Å². The highest BCUT2D eigenvalue weighted by Crippen LogP contribution is 2.33. The van der Waals surface area contributed by atoms with Gasteiger partial charge < -0.3 is 14.8 Å². The second-order valence-corrected chi connectivity index (χ2v) is 7.49. The van der Waals surface area contributed by atoms with Crippen LogP contribution in [-0.4, -0.2) is 20.9 Å². The number of halogens is 2. The highest BCUT2D eigenvalue weighted by atomic mass is 35.5. The van der Waals surface area contributed by atoms with Crippen molar-refractivity contribution in [3.05, 3.63) is 57.7 Å². The summed E-state index contributed by atoms with van der Waals surface area (Å²) in [5, 5.41) is 12.0. The number of aromatic amines is 1. The van der Waals surface area contributed by atoms with Gasteiger partial charge in [-0.05, 0) is 42.3 Å². The molecular formula is C17H15Cl2N3OS. The Morgan fingerprint density at radius 1 is 1.17 bits per heavy atom. The molecule has 0 saturated carbocycles. The van der Waals surface area contributed by atoms with Gasteiger partial charge >= 0.3 is 0 Å². The lowest BCUT2D eigenvalue weighted by molar-refractivity contribution is 0.441. The standard InChI is InChI=1S/C17H15Cl2N3OS/c18-10-1-4-15-13(7-10)12-5-6-22(9-16(12)20-15)24-21-11-2-3-14(19)17(23)8-11/h1-4,7-8,20-21,23H,5-6,9H2. The maximum atomic E-state index is 9.66. The summed E-state index contributed by atoms with van der Waals surface area (Å²) < 4.78 is 5.49. The van der Waals surface area contributed by atoms with E-state index in [9.17, 15) is 5.11 Å².